The van der Waals surface area contributed by atoms with E-state index in [0.717, 1.165) is 16.7 Å². The Morgan fingerprint density at radius 3 is 1.95 bits per heavy atom. The predicted molar refractivity (Wildman–Crippen MR) is 139 cm³/mol. The van der Waals surface area contributed by atoms with Crippen molar-refractivity contribution in [3.63, 3.8) is 0 Å². The molecule has 194 valence electrons. The number of benzene rings is 3. The van der Waals surface area contributed by atoms with Crippen LogP contribution in [-0.2, 0) is 37.4 Å². The first-order chi connectivity index (χ1) is 18.0. The van der Waals surface area contributed by atoms with Gasteiger partial charge in [0.15, 0.2) is 0 Å². The monoisotopic (exact) mass is 522 g/mol. The molecule has 10 heteroatoms. The maximum Gasteiger partial charge on any atom is 0.240 e. The second-order valence-electron chi connectivity index (χ2n) is 8.87. The van der Waals surface area contributed by atoms with Gasteiger partial charge in [-0.15, -0.1) is 0 Å². The number of azide groups is 1. The van der Waals surface area contributed by atoms with Crippen LogP contribution >= 0.6 is 0 Å². The van der Waals surface area contributed by atoms with Crippen molar-refractivity contribution >= 4 is 10.0 Å². The van der Waals surface area contributed by atoms with E-state index < -0.39 is 34.3 Å². The largest absolute Gasteiger partial charge is 0.374 e. The number of sulfonamides is 1. The average molecular weight is 523 g/mol. The van der Waals surface area contributed by atoms with E-state index in [1.54, 1.807) is 12.1 Å². The van der Waals surface area contributed by atoms with Gasteiger partial charge in [0.25, 0.3) is 0 Å². The zero-order chi connectivity index (χ0) is 26.1. The Morgan fingerprint density at radius 2 is 1.41 bits per heavy atom. The Labute approximate surface area is 217 Å². The van der Waals surface area contributed by atoms with E-state index in [-0.39, 0.29) is 18.1 Å². The number of aryl methyl sites for hydroxylation is 1. The van der Waals surface area contributed by atoms with Crippen molar-refractivity contribution in [2.24, 2.45) is 5.11 Å². The minimum atomic E-state index is -3.92. The zero-order valence-corrected chi connectivity index (χ0v) is 21.3. The molecule has 0 unspecified atom stereocenters. The lowest BCUT2D eigenvalue weighted by Gasteiger charge is -2.22. The van der Waals surface area contributed by atoms with E-state index in [4.69, 9.17) is 14.2 Å². The van der Waals surface area contributed by atoms with Gasteiger partial charge in [-0.05, 0) is 35.7 Å². The van der Waals surface area contributed by atoms with Crippen LogP contribution in [0.2, 0.25) is 0 Å². The fourth-order valence-electron chi connectivity index (χ4n) is 4.17. The second-order valence-corrected chi connectivity index (χ2v) is 10.6. The van der Waals surface area contributed by atoms with E-state index >= 15 is 0 Å². The Bertz CT molecular complexity index is 1280. The number of ether oxygens (including phenoxy) is 3. The van der Waals surface area contributed by atoms with Gasteiger partial charge >= 0.3 is 0 Å². The molecule has 1 aliphatic heterocycles. The normalized spacial score (nSPS) is 21.4. The van der Waals surface area contributed by atoms with Gasteiger partial charge in [-0.25, -0.2) is 13.1 Å². The van der Waals surface area contributed by atoms with E-state index in [0.29, 0.717) is 13.2 Å². The Hall–Kier alpha value is -3.24. The zero-order valence-electron chi connectivity index (χ0n) is 20.5. The maximum atomic E-state index is 13.2. The van der Waals surface area contributed by atoms with Crippen molar-refractivity contribution in [3.8, 4) is 0 Å². The highest BCUT2D eigenvalue weighted by Gasteiger charge is 2.46. The van der Waals surface area contributed by atoms with Crippen LogP contribution in [0.3, 0.4) is 0 Å². The molecule has 0 aromatic heterocycles. The van der Waals surface area contributed by atoms with Gasteiger partial charge in [-0.2, -0.15) is 0 Å². The number of hydrogen-bond donors (Lipinski definition) is 1. The topological polar surface area (TPSA) is 123 Å². The lowest BCUT2D eigenvalue weighted by Crippen LogP contribution is -2.48. The van der Waals surface area contributed by atoms with Gasteiger partial charge in [0, 0.05) is 4.91 Å². The summed E-state index contributed by atoms with van der Waals surface area (Å²) in [4.78, 5) is 3.09. The van der Waals surface area contributed by atoms with Gasteiger partial charge in [-0.3, -0.25) is 0 Å². The van der Waals surface area contributed by atoms with Crippen molar-refractivity contribution in [2.45, 2.75) is 49.3 Å². The van der Waals surface area contributed by atoms with Crippen LogP contribution in [0.1, 0.15) is 16.7 Å². The number of hydrogen-bond acceptors (Lipinski definition) is 6. The highest BCUT2D eigenvalue weighted by atomic mass is 32.2. The van der Waals surface area contributed by atoms with Gasteiger partial charge < -0.3 is 14.2 Å². The molecule has 3 aromatic rings. The molecule has 1 fully saturated rings. The molecular weight excluding hydrogens is 492 g/mol. The van der Waals surface area contributed by atoms with Crippen molar-refractivity contribution in [1.82, 2.24) is 4.72 Å². The molecular formula is C27H30N4O5S. The average Bonchev–Trinajstić information content (AvgIpc) is 3.21. The van der Waals surface area contributed by atoms with Crippen LogP contribution in [-0.4, -0.2) is 45.9 Å². The molecule has 1 saturated heterocycles. The molecule has 4 rings (SSSR count). The summed E-state index contributed by atoms with van der Waals surface area (Å²) in [5.74, 6) is 0. The smallest absolute Gasteiger partial charge is 0.240 e. The van der Waals surface area contributed by atoms with Gasteiger partial charge in [0.05, 0.1) is 55.6 Å². The number of rotatable bonds is 12. The summed E-state index contributed by atoms with van der Waals surface area (Å²) >= 11 is 0. The first-order valence-corrected chi connectivity index (χ1v) is 13.5. The third-order valence-corrected chi connectivity index (χ3v) is 7.57. The van der Waals surface area contributed by atoms with Crippen molar-refractivity contribution in [2.75, 3.05) is 13.2 Å². The van der Waals surface area contributed by atoms with Crippen LogP contribution in [0.4, 0.5) is 0 Å². The third kappa shape index (κ3) is 7.39. The van der Waals surface area contributed by atoms with Gasteiger partial charge in [0.2, 0.25) is 10.0 Å². The lowest BCUT2D eigenvalue weighted by molar-refractivity contribution is -0.0551. The molecule has 1 heterocycles. The van der Waals surface area contributed by atoms with Crippen molar-refractivity contribution < 1.29 is 22.6 Å². The molecule has 0 amide bonds. The quantitative estimate of drug-likeness (QED) is 0.213. The first kappa shape index (κ1) is 26.8. The van der Waals surface area contributed by atoms with Crippen LogP contribution in [0.15, 0.2) is 94.9 Å². The number of nitrogens with zero attached hydrogens (tertiary/aromatic N) is 3. The van der Waals surface area contributed by atoms with E-state index in [2.05, 4.69) is 14.7 Å². The summed E-state index contributed by atoms with van der Waals surface area (Å²) in [6, 6.07) is 24.1. The molecule has 9 nitrogen and oxygen atoms in total. The molecule has 0 radical (unpaired) electrons. The third-order valence-electron chi connectivity index (χ3n) is 6.09. The summed E-state index contributed by atoms with van der Waals surface area (Å²) in [5.41, 5.74) is 12.2. The van der Waals surface area contributed by atoms with Gasteiger partial charge in [-0.1, -0.05) is 83.5 Å². The fourth-order valence-corrected chi connectivity index (χ4v) is 5.45. The molecule has 4 atom stereocenters. The van der Waals surface area contributed by atoms with Crippen LogP contribution in [0, 0.1) is 6.92 Å². The lowest BCUT2D eigenvalue weighted by atomic mass is 10.0. The van der Waals surface area contributed by atoms with Crippen molar-refractivity contribution in [1.29, 1.82) is 0 Å². The molecule has 3 aromatic carbocycles. The molecule has 0 aliphatic carbocycles. The van der Waals surface area contributed by atoms with E-state index in [9.17, 15) is 13.9 Å². The minimum Gasteiger partial charge on any atom is -0.374 e. The molecule has 1 N–H and O–H groups in total. The molecule has 1 aliphatic rings. The SMILES string of the molecule is Cc1ccc(S(=O)(=O)N[C@H]2[C@H](N=[N+]=[N-])[C@@H](COCc3ccccc3)O[C@@H]2COCc2ccccc2)cc1. The summed E-state index contributed by atoms with van der Waals surface area (Å²) in [5, 5.41) is 3.91. The van der Waals surface area contributed by atoms with E-state index in [1.807, 2.05) is 67.6 Å². The highest BCUT2D eigenvalue weighted by Crippen LogP contribution is 2.27. The Morgan fingerprint density at radius 1 is 0.865 bits per heavy atom. The fraction of sp³-hybridized carbons (Fsp3) is 0.333. The first-order valence-electron chi connectivity index (χ1n) is 12.0. The van der Waals surface area contributed by atoms with Gasteiger partial charge in [0.1, 0.15) is 0 Å². The van der Waals surface area contributed by atoms with E-state index in [1.165, 1.54) is 12.1 Å². The Balaban J connectivity index is 1.50. The van der Waals surface area contributed by atoms with Crippen LogP contribution in [0.5, 0.6) is 0 Å². The number of nitrogens with one attached hydrogen (secondary N) is 1. The minimum absolute atomic E-state index is 0.0998. The predicted octanol–water partition coefficient (Wildman–Crippen LogP) is 4.52. The summed E-state index contributed by atoms with van der Waals surface area (Å²) in [6.07, 6.45) is -1.35. The summed E-state index contributed by atoms with van der Waals surface area (Å²) < 4.78 is 47.1. The van der Waals surface area contributed by atoms with Crippen LogP contribution < -0.4 is 4.72 Å². The molecule has 0 spiro atoms. The Kier molecular flexibility index (Phi) is 9.29. The maximum absolute atomic E-state index is 13.2. The highest BCUT2D eigenvalue weighted by molar-refractivity contribution is 7.89. The second kappa shape index (κ2) is 12.8. The summed E-state index contributed by atoms with van der Waals surface area (Å²) in [7, 11) is -3.92. The molecule has 0 saturated carbocycles. The molecule has 0 bridgehead atoms. The summed E-state index contributed by atoms with van der Waals surface area (Å²) in [6.45, 7) is 2.78. The van der Waals surface area contributed by atoms with Crippen LogP contribution in [0.25, 0.3) is 10.4 Å². The standard InChI is InChI=1S/C27H30N4O5S/c1-20-12-14-23(15-13-20)37(32,33)30-27-25(19-35-17-22-10-6-3-7-11-22)36-24(26(27)29-31-28)18-34-16-21-8-4-2-5-9-21/h2-15,24-27,30H,16-19H2,1H3/t24-,25-,26-,27-/m1/s1. The molecule has 37 heavy (non-hydrogen) atoms. The van der Waals surface area contributed by atoms with Crippen molar-refractivity contribution in [3.05, 3.63) is 112 Å².